The molecule has 0 spiro atoms. The third-order valence-electron chi connectivity index (χ3n) is 3.00. The molecule has 0 aromatic carbocycles. The summed E-state index contributed by atoms with van der Waals surface area (Å²) in [5, 5.41) is 7.37. The molecule has 0 radical (unpaired) electrons. The molecule has 0 aliphatic rings. The number of pyridine rings is 1. The van der Waals surface area contributed by atoms with Crippen molar-refractivity contribution < 1.29 is 4.74 Å². The van der Waals surface area contributed by atoms with Crippen LogP contribution < -0.4 is 10.9 Å². The van der Waals surface area contributed by atoms with Crippen LogP contribution in [0.15, 0.2) is 39.9 Å². The molecule has 0 amide bonds. The molecule has 1 N–H and O–H groups in total. The van der Waals surface area contributed by atoms with Gasteiger partial charge >= 0.3 is 0 Å². The molecule has 0 bridgehead atoms. The monoisotopic (exact) mass is 352 g/mol. The van der Waals surface area contributed by atoms with Crippen molar-refractivity contribution in [2.45, 2.75) is 19.5 Å². The van der Waals surface area contributed by atoms with Gasteiger partial charge in [-0.05, 0) is 35.0 Å². The molecular formula is C14H17BrN4O2. The van der Waals surface area contributed by atoms with Gasteiger partial charge in [0.1, 0.15) is 4.47 Å². The molecule has 2 heterocycles. The fourth-order valence-corrected chi connectivity index (χ4v) is 2.26. The SMILES string of the molecule is COCCn1ncc(NC(C)c2ccccn2)c(Br)c1=O. The molecule has 0 saturated heterocycles. The summed E-state index contributed by atoms with van der Waals surface area (Å²) in [4.78, 5) is 16.4. The highest BCUT2D eigenvalue weighted by Gasteiger charge is 2.12. The van der Waals surface area contributed by atoms with Crippen LogP contribution in [0.1, 0.15) is 18.7 Å². The van der Waals surface area contributed by atoms with Crippen LogP contribution in [-0.4, -0.2) is 28.5 Å². The van der Waals surface area contributed by atoms with E-state index in [0.717, 1.165) is 5.69 Å². The minimum absolute atomic E-state index is 0.0291. The number of halogens is 1. The minimum atomic E-state index is -0.190. The first-order valence-electron chi connectivity index (χ1n) is 6.55. The molecule has 2 aromatic heterocycles. The van der Waals surface area contributed by atoms with Crippen molar-refractivity contribution in [3.63, 3.8) is 0 Å². The summed E-state index contributed by atoms with van der Waals surface area (Å²) in [6, 6.07) is 5.69. The standard InChI is InChI=1S/C14H17BrN4O2/c1-10(11-5-3-4-6-16-11)18-12-9-17-19(7-8-21-2)14(20)13(12)15/h3-6,9-10,18H,7-8H2,1-2H3. The van der Waals surface area contributed by atoms with Crippen LogP contribution >= 0.6 is 15.9 Å². The lowest BCUT2D eigenvalue weighted by Gasteiger charge is -2.16. The van der Waals surface area contributed by atoms with E-state index in [1.165, 1.54) is 4.68 Å². The summed E-state index contributed by atoms with van der Waals surface area (Å²) in [7, 11) is 1.59. The first-order chi connectivity index (χ1) is 10.1. The Morgan fingerprint density at radius 3 is 2.95 bits per heavy atom. The summed E-state index contributed by atoms with van der Waals surface area (Å²) in [6.45, 7) is 2.84. The van der Waals surface area contributed by atoms with Crippen molar-refractivity contribution in [3.8, 4) is 0 Å². The molecule has 0 fully saturated rings. The van der Waals surface area contributed by atoms with Gasteiger partial charge in [-0.3, -0.25) is 9.78 Å². The summed E-state index contributed by atoms with van der Waals surface area (Å²) in [6.07, 6.45) is 3.37. The highest BCUT2D eigenvalue weighted by atomic mass is 79.9. The van der Waals surface area contributed by atoms with E-state index in [1.54, 1.807) is 19.5 Å². The summed E-state index contributed by atoms with van der Waals surface area (Å²) in [5.74, 6) is 0. The van der Waals surface area contributed by atoms with E-state index in [-0.39, 0.29) is 11.6 Å². The molecule has 1 unspecified atom stereocenters. The molecule has 0 aliphatic heterocycles. The molecular weight excluding hydrogens is 336 g/mol. The maximum absolute atomic E-state index is 12.2. The predicted molar refractivity (Wildman–Crippen MR) is 84.3 cm³/mol. The largest absolute Gasteiger partial charge is 0.383 e. The van der Waals surface area contributed by atoms with Gasteiger partial charge in [0.25, 0.3) is 5.56 Å². The van der Waals surface area contributed by atoms with E-state index >= 15 is 0 Å². The zero-order valence-corrected chi connectivity index (χ0v) is 13.5. The van der Waals surface area contributed by atoms with Crippen LogP contribution in [0.5, 0.6) is 0 Å². The molecule has 2 rings (SSSR count). The second-order valence-corrected chi connectivity index (χ2v) is 5.31. The van der Waals surface area contributed by atoms with E-state index in [4.69, 9.17) is 4.74 Å². The molecule has 6 nitrogen and oxygen atoms in total. The number of ether oxygens (including phenoxy) is 1. The van der Waals surface area contributed by atoms with Gasteiger partial charge in [0, 0.05) is 13.3 Å². The number of rotatable bonds is 6. The number of hydrogen-bond donors (Lipinski definition) is 1. The summed E-state index contributed by atoms with van der Waals surface area (Å²) in [5.41, 5.74) is 1.35. The predicted octanol–water partition coefficient (Wildman–Crippen LogP) is 2.22. The smallest absolute Gasteiger partial charge is 0.283 e. The van der Waals surface area contributed by atoms with E-state index in [2.05, 4.69) is 31.3 Å². The Hall–Kier alpha value is -1.73. The van der Waals surface area contributed by atoms with Crippen molar-refractivity contribution >= 4 is 21.6 Å². The highest BCUT2D eigenvalue weighted by molar-refractivity contribution is 9.10. The van der Waals surface area contributed by atoms with E-state index in [0.29, 0.717) is 23.3 Å². The van der Waals surface area contributed by atoms with Gasteiger partial charge in [-0.25, -0.2) is 4.68 Å². The van der Waals surface area contributed by atoms with Crippen LogP contribution in [0.2, 0.25) is 0 Å². The Balaban J connectivity index is 2.18. The van der Waals surface area contributed by atoms with Gasteiger partial charge in [-0.1, -0.05) is 6.07 Å². The number of methoxy groups -OCH3 is 1. The Kier molecular flexibility index (Phi) is 5.46. The number of anilines is 1. The lowest BCUT2D eigenvalue weighted by atomic mass is 10.2. The van der Waals surface area contributed by atoms with Crippen LogP contribution in [0.4, 0.5) is 5.69 Å². The fraction of sp³-hybridized carbons (Fsp3) is 0.357. The van der Waals surface area contributed by atoms with Crippen molar-refractivity contribution in [3.05, 3.63) is 51.1 Å². The van der Waals surface area contributed by atoms with Gasteiger partial charge < -0.3 is 10.1 Å². The van der Waals surface area contributed by atoms with Gasteiger partial charge in [-0.2, -0.15) is 5.10 Å². The van der Waals surface area contributed by atoms with Crippen LogP contribution in [0, 0.1) is 0 Å². The van der Waals surface area contributed by atoms with Crippen LogP contribution in [0.25, 0.3) is 0 Å². The molecule has 21 heavy (non-hydrogen) atoms. The van der Waals surface area contributed by atoms with Crippen molar-refractivity contribution in [2.75, 3.05) is 19.0 Å². The van der Waals surface area contributed by atoms with Crippen LogP contribution in [-0.2, 0) is 11.3 Å². The third kappa shape index (κ3) is 3.89. The molecule has 1 atom stereocenters. The van der Waals surface area contributed by atoms with Crippen molar-refractivity contribution in [2.24, 2.45) is 0 Å². The number of hydrogen-bond acceptors (Lipinski definition) is 5. The second-order valence-electron chi connectivity index (χ2n) is 4.51. The first kappa shape index (κ1) is 15.7. The van der Waals surface area contributed by atoms with Gasteiger partial charge in [0.05, 0.1) is 36.8 Å². The molecule has 0 aliphatic carbocycles. The number of nitrogens with one attached hydrogen (secondary N) is 1. The fourth-order valence-electron chi connectivity index (χ4n) is 1.84. The Bertz CT molecular complexity index is 645. The van der Waals surface area contributed by atoms with Crippen molar-refractivity contribution in [1.82, 2.24) is 14.8 Å². The lowest BCUT2D eigenvalue weighted by molar-refractivity contribution is 0.181. The number of nitrogens with zero attached hydrogens (tertiary/aromatic N) is 3. The molecule has 112 valence electrons. The summed E-state index contributed by atoms with van der Waals surface area (Å²) < 4.78 is 6.77. The lowest BCUT2D eigenvalue weighted by Crippen LogP contribution is -2.26. The van der Waals surface area contributed by atoms with Gasteiger partial charge in [0.15, 0.2) is 0 Å². The number of aromatic nitrogens is 3. The van der Waals surface area contributed by atoms with Crippen LogP contribution in [0.3, 0.4) is 0 Å². The topological polar surface area (TPSA) is 69.0 Å². The zero-order chi connectivity index (χ0) is 15.2. The summed E-state index contributed by atoms with van der Waals surface area (Å²) >= 11 is 3.33. The molecule has 0 saturated carbocycles. The van der Waals surface area contributed by atoms with Gasteiger partial charge in [-0.15, -0.1) is 0 Å². The molecule has 2 aromatic rings. The Morgan fingerprint density at radius 2 is 2.29 bits per heavy atom. The maximum Gasteiger partial charge on any atom is 0.283 e. The third-order valence-corrected chi connectivity index (χ3v) is 3.76. The maximum atomic E-state index is 12.2. The average molecular weight is 353 g/mol. The Morgan fingerprint density at radius 1 is 1.48 bits per heavy atom. The first-order valence-corrected chi connectivity index (χ1v) is 7.34. The highest BCUT2D eigenvalue weighted by Crippen LogP contribution is 2.21. The van der Waals surface area contributed by atoms with Crippen molar-refractivity contribution in [1.29, 1.82) is 0 Å². The normalized spacial score (nSPS) is 12.1. The average Bonchev–Trinajstić information content (AvgIpc) is 2.52. The zero-order valence-electron chi connectivity index (χ0n) is 11.9. The van der Waals surface area contributed by atoms with E-state index in [9.17, 15) is 4.79 Å². The minimum Gasteiger partial charge on any atom is -0.383 e. The molecule has 7 heteroatoms. The van der Waals surface area contributed by atoms with E-state index in [1.807, 2.05) is 25.1 Å². The Labute approximate surface area is 131 Å². The van der Waals surface area contributed by atoms with Gasteiger partial charge in [0.2, 0.25) is 0 Å². The quantitative estimate of drug-likeness (QED) is 0.863. The van der Waals surface area contributed by atoms with E-state index < -0.39 is 0 Å². The second kappa shape index (κ2) is 7.33.